The van der Waals surface area contributed by atoms with E-state index in [-0.39, 0.29) is 28.1 Å². The minimum Gasteiger partial charge on any atom is -0.465 e. The number of nitrogens with zero attached hydrogens (tertiary/aromatic N) is 1. The first-order chi connectivity index (χ1) is 9.66. The molecule has 0 bridgehead atoms. The molecule has 5 heteroatoms. The molecule has 0 rings (SSSR count). The molecule has 0 aliphatic heterocycles. The highest BCUT2D eigenvalue weighted by Crippen LogP contribution is 2.31. The number of carbonyl (C=O) groups is 1. The number of rotatable bonds is 8. The maximum atomic E-state index is 12.0. The van der Waals surface area contributed by atoms with E-state index < -0.39 is 11.5 Å². The maximum Gasteiger partial charge on any atom is 0.308 e. The summed E-state index contributed by atoms with van der Waals surface area (Å²) in [7, 11) is 0. The van der Waals surface area contributed by atoms with Gasteiger partial charge in [0.05, 0.1) is 12.5 Å². The summed E-state index contributed by atoms with van der Waals surface area (Å²) in [5.74, 6) is -0.822. The number of carbonyl (C=O) groups excluding carboxylic acids is 1. The lowest BCUT2D eigenvalue weighted by Crippen LogP contribution is -2.35. The van der Waals surface area contributed by atoms with E-state index in [9.17, 15) is 14.9 Å². The van der Waals surface area contributed by atoms with Crippen LogP contribution < -0.4 is 0 Å². The van der Waals surface area contributed by atoms with Crippen LogP contribution in [-0.2, 0) is 9.53 Å². The third-order valence-electron chi connectivity index (χ3n) is 3.86. The van der Waals surface area contributed by atoms with Crippen LogP contribution in [0, 0.1) is 26.9 Å². The van der Waals surface area contributed by atoms with Crippen LogP contribution in [0.3, 0.4) is 0 Å². The minimum atomic E-state index is -1.11. The van der Waals surface area contributed by atoms with E-state index in [1.807, 2.05) is 0 Å². The first-order valence-electron chi connectivity index (χ1n) is 7.97. The predicted octanol–water partition coefficient (Wildman–Crippen LogP) is 4.46. The topological polar surface area (TPSA) is 69.4 Å². The van der Waals surface area contributed by atoms with Crippen molar-refractivity contribution in [3.8, 4) is 0 Å². The second kappa shape index (κ2) is 7.42. The van der Waals surface area contributed by atoms with E-state index in [0.717, 1.165) is 12.8 Å². The Morgan fingerprint density at radius 2 is 1.59 bits per heavy atom. The summed E-state index contributed by atoms with van der Waals surface area (Å²) in [6.45, 7) is 15.8. The molecule has 0 aromatic heterocycles. The Kier molecular flexibility index (Phi) is 7.04. The van der Waals surface area contributed by atoms with Gasteiger partial charge in [-0.2, -0.15) is 0 Å². The monoisotopic (exact) mass is 315 g/mol. The van der Waals surface area contributed by atoms with Crippen LogP contribution in [0.15, 0.2) is 0 Å². The molecule has 0 saturated heterocycles. The third kappa shape index (κ3) is 8.35. The van der Waals surface area contributed by atoms with E-state index in [0.29, 0.717) is 6.61 Å². The minimum absolute atomic E-state index is 0.0821. The van der Waals surface area contributed by atoms with Crippen molar-refractivity contribution in [1.82, 2.24) is 0 Å². The standard InChI is InChI=1S/C17H33NO4/c1-13(11-17(7,8)18(20)21)14(19)22-12-16(5,6)10-9-15(2,3)4/h13H,9-12H2,1-8H3. The highest BCUT2D eigenvalue weighted by Gasteiger charge is 2.36. The normalized spacial score (nSPS) is 14.5. The van der Waals surface area contributed by atoms with Crippen molar-refractivity contribution < 1.29 is 14.5 Å². The SMILES string of the molecule is CC(CC(C)(C)[N+](=O)[O-])C(=O)OCC(C)(C)CCC(C)(C)C. The molecule has 5 nitrogen and oxygen atoms in total. The van der Waals surface area contributed by atoms with Crippen LogP contribution >= 0.6 is 0 Å². The molecule has 1 unspecified atom stereocenters. The Labute approximate surface area is 135 Å². The first-order valence-corrected chi connectivity index (χ1v) is 7.97. The Hall–Kier alpha value is -1.13. The van der Waals surface area contributed by atoms with E-state index in [1.54, 1.807) is 6.92 Å². The molecule has 0 fully saturated rings. The summed E-state index contributed by atoms with van der Waals surface area (Å²) >= 11 is 0. The van der Waals surface area contributed by atoms with Crippen molar-refractivity contribution in [2.75, 3.05) is 6.61 Å². The fourth-order valence-electron chi connectivity index (χ4n) is 2.10. The van der Waals surface area contributed by atoms with Gasteiger partial charge in [-0.3, -0.25) is 14.9 Å². The summed E-state index contributed by atoms with van der Waals surface area (Å²) in [4.78, 5) is 22.6. The quantitative estimate of drug-likeness (QED) is 0.376. The molecule has 0 saturated carbocycles. The molecule has 0 aliphatic rings. The highest BCUT2D eigenvalue weighted by molar-refractivity contribution is 5.72. The summed E-state index contributed by atoms with van der Waals surface area (Å²) in [5.41, 5.74) is -0.939. The van der Waals surface area contributed by atoms with Crippen molar-refractivity contribution in [2.24, 2.45) is 16.7 Å². The van der Waals surface area contributed by atoms with Crippen LogP contribution in [0.2, 0.25) is 0 Å². The van der Waals surface area contributed by atoms with Gasteiger partial charge in [0.1, 0.15) is 0 Å². The van der Waals surface area contributed by atoms with Crippen molar-refractivity contribution in [3.63, 3.8) is 0 Å². The molecular formula is C17H33NO4. The number of nitro groups is 1. The molecule has 0 aromatic carbocycles. The number of hydrogen-bond acceptors (Lipinski definition) is 4. The van der Waals surface area contributed by atoms with Crippen LogP contribution in [0.4, 0.5) is 0 Å². The zero-order valence-corrected chi connectivity index (χ0v) is 15.5. The second-order valence-corrected chi connectivity index (χ2v) is 9.01. The molecule has 0 radical (unpaired) electrons. The van der Waals surface area contributed by atoms with Crippen molar-refractivity contribution in [3.05, 3.63) is 10.1 Å². The van der Waals surface area contributed by atoms with Crippen LogP contribution in [0.5, 0.6) is 0 Å². The Balaban J connectivity index is 4.40. The molecule has 0 N–H and O–H groups in total. The number of ether oxygens (including phenoxy) is 1. The molecular weight excluding hydrogens is 282 g/mol. The Bertz CT molecular complexity index is 394. The number of esters is 1. The van der Waals surface area contributed by atoms with Gasteiger partial charge in [0.15, 0.2) is 0 Å². The van der Waals surface area contributed by atoms with Crippen LogP contribution in [0.1, 0.15) is 74.7 Å². The third-order valence-corrected chi connectivity index (χ3v) is 3.86. The Morgan fingerprint density at radius 1 is 1.09 bits per heavy atom. The molecule has 0 aromatic rings. The van der Waals surface area contributed by atoms with E-state index in [2.05, 4.69) is 34.6 Å². The maximum absolute atomic E-state index is 12.0. The van der Waals surface area contributed by atoms with Gasteiger partial charge < -0.3 is 4.74 Å². The van der Waals surface area contributed by atoms with Gasteiger partial charge in [-0.25, -0.2) is 0 Å². The van der Waals surface area contributed by atoms with E-state index >= 15 is 0 Å². The van der Waals surface area contributed by atoms with Crippen LogP contribution in [-0.4, -0.2) is 23.0 Å². The van der Waals surface area contributed by atoms with Gasteiger partial charge in [0.25, 0.3) is 0 Å². The molecule has 0 amide bonds. The fraction of sp³-hybridized carbons (Fsp3) is 0.941. The lowest BCUT2D eigenvalue weighted by atomic mass is 9.80. The lowest BCUT2D eigenvalue weighted by molar-refractivity contribution is -0.562. The van der Waals surface area contributed by atoms with Gasteiger partial charge in [-0.05, 0) is 23.7 Å². The zero-order chi connectivity index (χ0) is 17.8. The van der Waals surface area contributed by atoms with Crippen molar-refractivity contribution >= 4 is 5.97 Å². The first kappa shape index (κ1) is 20.9. The van der Waals surface area contributed by atoms with Crippen LogP contribution in [0.25, 0.3) is 0 Å². The zero-order valence-electron chi connectivity index (χ0n) is 15.5. The summed E-state index contributed by atoms with van der Waals surface area (Å²) in [6, 6.07) is 0. The highest BCUT2D eigenvalue weighted by atomic mass is 16.6. The average Bonchev–Trinajstić information content (AvgIpc) is 2.32. The summed E-state index contributed by atoms with van der Waals surface area (Å²) in [6.07, 6.45) is 2.21. The predicted molar refractivity (Wildman–Crippen MR) is 88.3 cm³/mol. The largest absolute Gasteiger partial charge is 0.465 e. The van der Waals surface area contributed by atoms with Gasteiger partial charge in [-0.1, -0.05) is 41.5 Å². The van der Waals surface area contributed by atoms with Gasteiger partial charge in [0, 0.05) is 25.2 Å². The molecule has 1 atom stereocenters. The Morgan fingerprint density at radius 3 is 2.00 bits per heavy atom. The number of hydrogen-bond donors (Lipinski definition) is 0. The van der Waals surface area contributed by atoms with Gasteiger partial charge in [0.2, 0.25) is 5.54 Å². The molecule has 0 spiro atoms. The molecule has 130 valence electrons. The van der Waals surface area contributed by atoms with Gasteiger partial charge >= 0.3 is 5.97 Å². The summed E-state index contributed by atoms with van der Waals surface area (Å²) < 4.78 is 5.40. The van der Waals surface area contributed by atoms with E-state index in [1.165, 1.54) is 13.8 Å². The average molecular weight is 315 g/mol. The van der Waals surface area contributed by atoms with Crippen molar-refractivity contribution in [1.29, 1.82) is 0 Å². The van der Waals surface area contributed by atoms with Gasteiger partial charge in [-0.15, -0.1) is 0 Å². The molecule has 0 aliphatic carbocycles. The van der Waals surface area contributed by atoms with Crippen molar-refractivity contribution in [2.45, 2.75) is 80.2 Å². The fourth-order valence-corrected chi connectivity index (χ4v) is 2.10. The molecule has 22 heavy (non-hydrogen) atoms. The van der Waals surface area contributed by atoms with E-state index in [4.69, 9.17) is 4.74 Å². The molecule has 0 heterocycles. The smallest absolute Gasteiger partial charge is 0.308 e. The second-order valence-electron chi connectivity index (χ2n) is 9.01. The summed E-state index contributed by atoms with van der Waals surface area (Å²) in [5, 5.41) is 10.9. The lowest BCUT2D eigenvalue weighted by Gasteiger charge is -2.29.